The third-order valence-electron chi connectivity index (χ3n) is 5.17. The molecule has 1 aliphatic carbocycles. The number of hydrogen-bond acceptors (Lipinski definition) is 4. The highest BCUT2D eigenvalue weighted by molar-refractivity contribution is 5.79. The Bertz CT molecular complexity index is 1130. The van der Waals surface area contributed by atoms with Crippen molar-refractivity contribution in [2.45, 2.75) is 12.3 Å². The van der Waals surface area contributed by atoms with Crippen LogP contribution in [0.3, 0.4) is 0 Å². The Labute approximate surface area is 180 Å². The molecule has 0 spiro atoms. The molecule has 6 nitrogen and oxygen atoms in total. The van der Waals surface area contributed by atoms with E-state index in [0.717, 1.165) is 0 Å². The van der Waals surface area contributed by atoms with Gasteiger partial charge in [-0.3, -0.25) is 10.1 Å². The van der Waals surface area contributed by atoms with E-state index in [4.69, 9.17) is 4.74 Å². The van der Waals surface area contributed by atoms with Gasteiger partial charge in [-0.2, -0.15) is 0 Å². The lowest BCUT2D eigenvalue weighted by atomic mass is 9.98. The van der Waals surface area contributed by atoms with E-state index in [-0.39, 0.29) is 18.2 Å². The van der Waals surface area contributed by atoms with Crippen LogP contribution < -0.4 is 5.32 Å². The lowest BCUT2D eigenvalue weighted by Gasteiger charge is -2.14. The molecule has 0 aromatic heterocycles. The summed E-state index contributed by atoms with van der Waals surface area (Å²) in [5, 5.41) is 13.4. The van der Waals surface area contributed by atoms with Gasteiger partial charge < -0.3 is 10.1 Å². The highest BCUT2D eigenvalue weighted by Crippen LogP contribution is 2.44. The number of nitro groups is 1. The molecule has 1 N–H and O–H groups in total. The van der Waals surface area contributed by atoms with Crippen molar-refractivity contribution >= 4 is 11.8 Å². The number of fused-ring (bicyclic) bond motifs is 3. The maximum atomic E-state index is 12.1. The number of hydrogen-bond donors (Lipinski definition) is 1. The molecule has 0 saturated carbocycles. The minimum absolute atomic E-state index is 0.0279. The second-order valence-corrected chi connectivity index (χ2v) is 7.11. The Morgan fingerprint density at radius 1 is 0.968 bits per heavy atom. The molecule has 3 aromatic rings. The van der Waals surface area contributed by atoms with Gasteiger partial charge in [0.1, 0.15) is 6.61 Å². The van der Waals surface area contributed by atoms with Crippen molar-refractivity contribution in [1.29, 1.82) is 0 Å². The Morgan fingerprint density at radius 3 is 2.19 bits per heavy atom. The number of nitro benzene ring substituents is 1. The number of rotatable bonds is 5. The number of carbonyl (C=O) groups excluding carboxylic acids is 1. The average Bonchev–Trinajstić information content (AvgIpc) is 3.11. The van der Waals surface area contributed by atoms with Gasteiger partial charge in [0.15, 0.2) is 0 Å². The molecule has 31 heavy (non-hydrogen) atoms. The lowest BCUT2D eigenvalue weighted by Crippen LogP contribution is -2.26. The molecule has 0 atom stereocenters. The Morgan fingerprint density at radius 2 is 1.58 bits per heavy atom. The van der Waals surface area contributed by atoms with E-state index in [2.05, 4.69) is 41.4 Å². The molecular formula is C25H20N2O4. The summed E-state index contributed by atoms with van der Waals surface area (Å²) in [6, 6.07) is 22.4. The Balaban J connectivity index is 1.27. The minimum atomic E-state index is -0.473. The number of nitrogens with zero attached hydrogens (tertiary/aromatic N) is 1. The summed E-state index contributed by atoms with van der Waals surface area (Å²) in [5.41, 5.74) is 5.44. The molecule has 0 aliphatic heterocycles. The van der Waals surface area contributed by atoms with Gasteiger partial charge in [-0.15, -0.1) is 0 Å². The zero-order valence-corrected chi connectivity index (χ0v) is 16.7. The molecule has 0 unspecified atom stereocenters. The Kier molecular flexibility index (Phi) is 5.95. The fraction of sp³-hybridized carbons (Fsp3) is 0.160. The Hall–Kier alpha value is -4.11. The molecule has 6 heteroatoms. The number of alkyl carbamates (subject to hydrolysis) is 1. The third-order valence-corrected chi connectivity index (χ3v) is 5.17. The van der Waals surface area contributed by atoms with E-state index in [1.165, 1.54) is 34.4 Å². The van der Waals surface area contributed by atoms with Crippen LogP contribution in [0.4, 0.5) is 10.5 Å². The van der Waals surface area contributed by atoms with Crippen molar-refractivity contribution in [1.82, 2.24) is 5.32 Å². The van der Waals surface area contributed by atoms with Gasteiger partial charge in [0.2, 0.25) is 0 Å². The molecular weight excluding hydrogens is 392 g/mol. The number of nitrogens with one attached hydrogen (secondary N) is 1. The van der Waals surface area contributed by atoms with Crippen LogP contribution in [-0.4, -0.2) is 24.2 Å². The monoisotopic (exact) mass is 412 g/mol. The molecule has 154 valence electrons. The van der Waals surface area contributed by atoms with E-state index in [1.54, 1.807) is 12.1 Å². The van der Waals surface area contributed by atoms with Crippen molar-refractivity contribution in [3.05, 3.63) is 99.6 Å². The van der Waals surface area contributed by atoms with Gasteiger partial charge in [0.05, 0.1) is 4.92 Å². The molecule has 1 aliphatic rings. The van der Waals surface area contributed by atoms with Crippen LogP contribution in [0.15, 0.2) is 72.8 Å². The maximum Gasteiger partial charge on any atom is 0.407 e. The molecule has 0 saturated heterocycles. The number of ether oxygens (including phenoxy) is 1. The van der Waals surface area contributed by atoms with Gasteiger partial charge >= 0.3 is 6.09 Å². The summed E-state index contributed by atoms with van der Waals surface area (Å²) in [6.07, 6.45) is -0.0275. The van der Waals surface area contributed by atoms with Crippen molar-refractivity contribution in [2.24, 2.45) is 0 Å². The van der Waals surface area contributed by atoms with Gasteiger partial charge in [0, 0.05) is 36.6 Å². The van der Waals surface area contributed by atoms with E-state index in [1.807, 2.05) is 24.3 Å². The topological polar surface area (TPSA) is 81.5 Å². The van der Waals surface area contributed by atoms with E-state index >= 15 is 0 Å². The van der Waals surface area contributed by atoms with E-state index in [9.17, 15) is 14.9 Å². The van der Waals surface area contributed by atoms with Crippen LogP contribution in [0.25, 0.3) is 11.1 Å². The summed E-state index contributed by atoms with van der Waals surface area (Å²) < 4.78 is 5.48. The van der Waals surface area contributed by atoms with Crippen molar-refractivity contribution in [2.75, 3.05) is 13.2 Å². The van der Waals surface area contributed by atoms with Crippen LogP contribution in [-0.2, 0) is 4.74 Å². The van der Waals surface area contributed by atoms with Crippen LogP contribution in [0.1, 0.15) is 29.0 Å². The summed E-state index contributed by atoms with van der Waals surface area (Å²) in [7, 11) is 0. The van der Waals surface area contributed by atoms with Gasteiger partial charge in [-0.05, 0) is 34.4 Å². The molecule has 3 aromatic carbocycles. The normalized spacial score (nSPS) is 11.6. The fourth-order valence-electron chi connectivity index (χ4n) is 3.71. The first-order chi connectivity index (χ1) is 15.1. The highest BCUT2D eigenvalue weighted by atomic mass is 16.6. The number of benzene rings is 3. The maximum absolute atomic E-state index is 12.1. The highest BCUT2D eigenvalue weighted by Gasteiger charge is 2.28. The summed E-state index contributed by atoms with van der Waals surface area (Å²) >= 11 is 0. The number of non-ortho nitro benzene ring substituents is 1. The molecule has 1 amide bonds. The minimum Gasteiger partial charge on any atom is -0.449 e. The van der Waals surface area contributed by atoms with Gasteiger partial charge in [-0.1, -0.05) is 60.4 Å². The van der Waals surface area contributed by atoms with Crippen molar-refractivity contribution in [3.8, 4) is 23.0 Å². The lowest BCUT2D eigenvalue weighted by molar-refractivity contribution is -0.384. The zero-order chi connectivity index (χ0) is 21.6. The van der Waals surface area contributed by atoms with Crippen LogP contribution in [0.2, 0.25) is 0 Å². The first-order valence-electron chi connectivity index (χ1n) is 9.95. The van der Waals surface area contributed by atoms with E-state index in [0.29, 0.717) is 18.5 Å². The van der Waals surface area contributed by atoms with E-state index < -0.39 is 11.0 Å². The standard InChI is InChI=1S/C25H20N2O4/c28-25(26-16-6-5-7-18-12-14-19(15-13-18)27(29)30)31-17-24-22-10-3-1-8-20(22)21-9-2-4-11-23(21)24/h1-4,8-15,24H,6,16-17H2,(H,26,28). The largest absolute Gasteiger partial charge is 0.449 e. The quantitative estimate of drug-likeness (QED) is 0.280. The first-order valence-corrected chi connectivity index (χ1v) is 9.95. The van der Waals surface area contributed by atoms with Crippen LogP contribution in [0.5, 0.6) is 0 Å². The SMILES string of the molecule is O=C(NCCC#Cc1ccc([N+](=O)[O-])cc1)OCC1c2ccccc2-c2ccccc21. The zero-order valence-electron chi connectivity index (χ0n) is 16.7. The number of amides is 1. The summed E-state index contributed by atoms with van der Waals surface area (Å²) in [5.74, 6) is 5.89. The molecule has 0 fully saturated rings. The predicted molar refractivity (Wildman–Crippen MR) is 118 cm³/mol. The smallest absolute Gasteiger partial charge is 0.407 e. The number of carbonyl (C=O) groups is 1. The second kappa shape index (κ2) is 9.14. The fourth-order valence-corrected chi connectivity index (χ4v) is 3.71. The van der Waals surface area contributed by atoms with Crippen LogP contribution >= 0.6 is 0 Å². The van der Waals surface area contributed by atoms with Gasteiger partial charge in [-0.25, -0.2) is 4.79 Å². The third kappa shape index (κ3) is 4.57. The van der Waals surface area contributed by atoms with Crippen molar-refractivity contribution < 1.29 is 14.5 Å². The van der Waals surface area contributed by atoms with Crippen LogP contribution in [0, 0.1) is 22.0 Å². The molecule has 4 rings (SSSR count). The molecule has 0 radical (unpaired) electrons. The molecule has 0 heterocycles. The second-order valence-electron chi connectivity index (χ2n) is 7.11. The summed E-state index contributed by atoms with van der Waals surface area (Å²) in [6.45, 7) is 0.630. The van der Waals surface area contributed by atoms with Crippen molar-refractivity contribution in [3.63, 3.8) is 0 Å². The van der Waals surface area contributed by atoms with Gasteiger partial charge in [0.25, 0.3) is 5.69 Å². The molecule has 0 bridgehead atoms. The first kappa shape index (κ1) is 20.2. The summed E-state index contributed by atoms with van der Waals surface area (Å²) in [4.78, 5) is 22.3. The average molecular weight is 412 g/mol. The predicted octanol–water partition coefficient (Wildman–Crippen LogP) is 4.88.